The van der Waals surface area contributed by atoms with Gasteiger partial charge in [-0.25, -0.2) is 4.68 Å². The normalized spacial score (nSPS) is 26.3. The third kappa shape index (κ3) is 3.57. The van der Waals surface area contributed by atoms with Gasteiger partial charge >= 0.3 is 0 Å². The lowest BCUT2D eigenvalue weighted by Gasteiger charge is -2.42. The minimum Gasteiger partial charge on any atom is -0.391 e. The van der Waals surface area contributed by atoms with E-state index in [0.29, 0.717) is 12.3 Å². The van der Waals surface area contributed by atoms with Crippen LogP contribution in [0, 0.1) is 0 Å². The maximum atomic E-state index is 10.9. The second kappa shape index (κ2) is 7.19. The molecule has 3 aromatic rings. The van der Waals surface area contributed by atoms with Crippen LogP contribution in [-0.4, -0.2) is 37.6 Å². The van der Waals surface area contributed by atoms with Crippen molar-refractivity contribution in [1.82, 2.24) is 19.9 Å². The molecule has 0 bridgehead atoms. The molecule has 1 N–H and O–H groups in total. The Morgan fingerprint density at radius 3 is 2.70 bits per heavy atom. The van der Waals surface area contributed by atoms with E-state index in [4.69, 9.17) is 0 Å². The molecule has 3 atom stereocenters. The van der Waals surface area contributed by atoms with E-state index in [1.165, 1.54) is 23.3 Å². The van der Waals surface area contributed by atoms with Gasteiger partial charge in [0, 0.05) is 36.1 Å². The van der Waals surface area contributed by atoms with Crippen molar-refractivity contribution in [3.05, 3.63) is 70.2 Å². The van der Waals surface area contributed by atoms with Crippen molar-refractivity contribution in [1.29, 1.82) is 0 Å². The van der Waals surface area contributed by atoms with Gasteiger partial charge in [0.05, 0.1) is 17.8 Å². The van der Waals surface area contributed by atoms with Gasteiger partial charge in [-0.3, -0.25) is 4.90 Å². The summed E-state index contributed by atoms with van der Waals surface area (Å²) in [5.74, 6) is 0.582. The Balaban J connectivity index is 1.42. The zero-order chi connectivity index (χ0) is 18.2. The van der Waals surface area contributed by atoms with Gasteiger partial charge < -0.3 is 5.11 Å². The molecule has 5 rings (SSSR count). The topological polar surface area (TPSA) is 54.2 Å². The monoisotopic (exact) mass is 380 g/mol. The molecule has 1 aliphatic carbocycles. The fourth-order valence-electron chi connectivity index (χ4n) is 4.10. The molecule has 0 unspecified atom stereocenters. The molecular formula is C21H24N4OS. The third-order valence-electron chi connectivity index (χ3n) is 5.76. The van der Waals surface area contributed by atoms with Crippen LogP contribution in [0.1, 0.15) is 53.4 Å². The Morgan fingerprint density at radius 2 is 1.96 bits per heavy atom. The van der Waals surface area contributed by atoms with Gasteiger partial charge in [0.2, 0.25) is 0 Å². The molecule has 140 valence electrons. The van der Waals surface area contributed by atoms with Crippen LogP contribution in [0.5, 0.6) is 0 Å². The number of thiophene rings is 1. The maximum Gasteiger partial charge on any atom is 0.0923 e. The molecule has 1 aliphatic heterocycles. The van der Waals surface area contributed by atoms with E-state index >= 15 is 0 Å². The van der Waals surface area contributed by atoms with Crippen molar-refractivity contribution in [2.75, 3.05) is 6.54 Å². The lowest BCUT2D eigenvalue weighted by Crippen LogP contribution is -2.45. The summed E-state index contributed by atoms with van der Waals surface area (Å²) < 4.78 is 1.90. The molecule has 2 fully saturated rings. The number of nitrogens with zero attached hydrogens (tertiary/aromatic N) is 4. The molecule has 0 amide bonds. The molecule has 2 aromatic heterocycles. The van der Waals surface area contributed by atoms with E-state index < -0.39 is 6.10 Å². The van der Waals surface area contributed by atoms with Crippen molar-refractivity contribution < 1.29 is 5.11 Å². The first-order valence-corrected chi connectivity index (χ1v) is 10.6. The van der Waals surface area contributed by atoms with E-state index in [1.54, 1.807) is 11.3 Å². The number of aromatic nitrogens is 3. The maximum absolute atomic E-state index is 10.9. The van der Waals surface area contributed by atoms with Gasteiger partial charge in [0.15, 0.2) is 0 Å². The van der Waals surface area contributed by atoms with Gasteiger partial charge in [0.1, 0.15) is 0 Å². The summed E-state index contributed by atoms with van der Waals surface area (Å²) in [6.07, 6.45) is 4.76. The van der Waals surface area contributed by atoms with Crippen molar-refractivity contribution in [2.45, 2.75) is 49.9 Å². The van der Waals surface area contributed by atoms with Crippen LogP contribution in [0.15, 0.2) is 54.0 Å². The van der Waals surface area contributed by atoms with Gasteiger partial charge in [-0.15, -0.1) is 16.4 Å². The lowest BCUT2D eigenvalue weighted by atomic mass is 9.90. The molecule has 1 aromatic carbocycles. The summed E-state index contributed by atoms with van der Waals surface area (Å²) >= 11 is 1.79. The fraction of sp³-hybridized carbons (Fsp3) is 0.429. The Morgan fingerprint density at radius 1 is 1.11 bits per heavy atom. The number of hydrogen-bond donors (Lipinski definition) is 1. The first-order valence-electron chi connectivity index (χ1n) is 9.69. The van der Waals surface area contributed by atoms with E-state index in [2.05, 4.69) is 63.2 Å². The molecular weight excluding hydrogens is 356 g/mol. The summed E-state index contributed by atoms with van der Waals surface area (Å²) in [7, 11) is 0. The van der Waals surface area contributed by atoms with Gasteiger partial charge in [-0.2, -0.15) is 0 Å². The smallest absolute Gasteiger partial charge is 0.0923 e. The van der Waals surface area contributed by atoms with Crippen molar-refractivity contribution in [2.24, 2.45) is 0 Å². The number of piperidine rings is 1. The Bertz CT molecular complexity index is 875. The summed E-state index contributed by atoms with van der Waals surface area (Å²) in [5, 5.41) is 21.8. The van der Waals surface area contributed by atoms with Crippen LogP contribution < -0.4 is 0 Å². The van der Waals surface area contributed by atoms with Crippen LogP contribution in [0.25, 0.3) is 0 Å². The number of hydrogen-bond acceptors (Lipinski definition) is 5. The summed E-state index contributed by atoms with van der Waals surface area (Å²) in [6.45, 7) is 1.66. The van der Waals surface area contributed by atoms with Crippen LogP contribution in [0.2, 0.25) is 0 Å². The van der Waals surface area contributed by atoms with E-state index in [1.807, 2.05) is 10.7 Å². The minimum atomic E-state index is -0.427. The molecule has 6 heteroatoms. The largest absolute Gasteiger partial charge is 0.391 e. The molecule has 0 radical (unpaired) electrons. The summed E-state index contributed by atoms with van der Waals surface area (Å²) in [4.78, 5) is 3.83. The van der Waals surface area contributed by atoms with Crippen LogP contribution >= 0.6 is 11.3 Å². The van der Waals surface area contributed by atoms with Crippen molar-refractivity contribution in [3.8, 4) is 0 Å². The highest BCUT2D eigenvalue weighted by Gasteiger charge is 2.37. The highest BCUT2D eigenvalue weighted by Crippen LogP contribution is 2.40. The Hall–Kier alpha value is -2.02. The van der Waals surface area contributed by atoms with Gasteiger partial charge in [0.25, 0.3) is 0 Å². The molecule has 1 saturated heterocycles. The average Bonchev–Trinajstić information content (AvgIpc) is 3.20. The van der Waals surface area contributed by atoms with Gasteiger partial charge in [-0.1, -0.05) is 41.6 Å². The Labute approximate surface area is 163 Å². The average molecular weight is 381 g/mol. The van der Waals surface area contributed by atoms with Gasteiger partial charge in [-0.05, 0) is 36.3 Å². The molecule has 5 nitrogen and oxygen atoms in total. The first-order chi connectivity index (χ1) is 13.3. The minimum absolute atomic E-state index is 0.0510. The third-order valence-corrected chi connectivity index (χ3v) is 6.62. The quantitative estimate of drug-likeness (QED) is 0.732. The predicted molar refractivity (Wildman–Crippen MR) is 106 cm³/mol. The zero-order valence-corrected chi connectivity index (χ0v) is 16.0. The van der Waals surface area contributed by atoms with Crippen molar-refractivity contribution >= 4 is 11.3 Å². The van der Waals surface area contributed by atoms with E-state index in [0.717, 1.165) is 18.8 Å². The second-order valence-electron chi connectivity index (χ2n) is 7.70. The summed E-state index contributed by atoms with van der Waals surface area (Å²) in [6, 6.07) is 15.0. The van der Waals surface area contributed by atoms with Crippen LogP contribution in [0.4, 0.5) is 0 Å². The lowest BCUT2D eigenvalue weighted by molar-refractivity contribution is -0.0105. The SMILES string of the molecule is O[C@@H]1C[C@H](c2ccccc2)N(Cc2cccs2)C[C@H]1n1cc(C2CC2)nn1. The molecule has 0 spiro atoms. The van der Waals surface area contributed by atoms with E-state index in [-0.39, 0.29) is 12.1 Å². The molecule has 27 heavy (non-hydrogen) atoms. The standard InChI is InChI=1S/C21H24N4OS/c26-21-11-19(16-5-2-1-3-6-16)24(12-17-7-4-10-27-17)14-20(21)25-13-18(22-23-25)15-8-9-15/h1-7,10,13,15,19-21,26H,8-9,11-12,14H2/t19-,20-,21-/m1/s1. The Kier molecular flexibility index (Phi) is 4.55. The number of benzene rings is 1. The molecule has 3 heterocycles. The molecule has 1 saturated carbocycles. The van der Waals surface area contributed by atoms with Crippen LogP contribution in [0.3, 0.4) is 0 Å². The number of rotatable bonds is 5. The number of aliphatic hydroxyl groups is 1. The summed E-state index contributed by atoms with van der Waals surface area (Å²) in [5.41, 5.74) is 2.35. The second-order valence-corrected chi connectivity index (χ2v) is 8.74. The van der Waals surface area contributed by atoms with Crippen LogP contribution in [-0.2, 0) is 6.54 Å². The fourth-order valence-corrected chi connectivity index (χ4v) is 4.83. The van der Waals surface area contributed by atoms with E-state index in [9.17, 15) is 5.11 Å². The number of aliphatic hydroxyl groups excluding tert-OH is 1. The highest BCUT2D eigenvalue weighted by molar-refractivity contribution is 7.09. The first kappa shape index (κ1) is 17.1. The number of likely N-dealkylation sites (tertiary alicyclic amines) is 1. The zero-order valence-electron chi connectivity index (χ0n) is 15.2. The predicted octanol–water partition coefficient (Wildman–Crippen LogP) is 3.77. The van der Waals surface area contributed by atoms with Crippen molar-refractivity contribution in [3.63, 3.8) is 0 Å². The molecule has 2 aliphatic rings. The highest BCUT2D eigenvalue weighted by atomic mass is 32.1.